The number of oxazole rings is 1. The Bertz CT molecular complexity index is 994. The lowest BCUT2D eigenvalue weighted by Gasteiger charge is -2.25. The molecule has 0 amide bonds. The Labute approximate surface area is 184 Å². The van der Waals surface area contributed by atoms with Crippen molar-refractivity contribution in [2.75, 3.05) is 18.1 Å². The van der Waals surface area contributed by atoms with Crippen molar-refractivity contribution in [3.05, 3.63) is 66.4 Å². The Hall–Kier alpha value is -3.62. The van der Waals surface area contributed by atoms with E-state index in [-0.39, 0.29) is 30.5 Å². The van der Waals surface area contributed by atoms with Gasteiger partial charge in [0.25, 0.3) is 0 Å². The molecule has 0 aliphatic rings. The first-order valence-electron chi connectivity index (χ1n) is 10.1. The van der Waals surface area contributed by atoms with Crippen LogP contribution >= 0.6 is 0 Å². The van der Waals surface area contributed by atoms with Crippen molar-refractivity contribution in [1.82, 2.24) is 4.98 Å². The number of carbonyl (C=O) groups is 1. The molecule has 0 fully saturated rings. The summed E-state index contributed by atoms with van der Waals surface area (Å²) in [5, 5.41) is 0. The van der Waals surface area contributed by atoms with Crippen LogP contribution in [0.1, 0.15) is 25.2 Å². The summed E-state index contributed by atoms with van der Waals surface area (Å²) in [6.07, 6.45) is 3.10. The van der Waals surface area contributed by atoms with Crippen molar-refractivity contribution >= 4 is 17.3 Å². The van der Waals surface area contributed by atoms with Crippen LogP contribution in [0, 0.1) is 0 Å². The number of hydrogen-bond donors (Lipinski definition) is 0. The molecule has 0 radical (unpaired) electrons. The molecular weight excluding hydrogens is 422 g/mol. The van der Waals surface area contributed by atoms with Gasteiger partial charge in [0.15, 0.2) is 17.9 Å². The van der Waals surface area contributed by atoms with E-state index in [4.69, 9.17) is 13.9 Å². The van der Waals surface area contributed by atoms with Crippen molar-refractivity contribution in [2.45, 2.75) is 33.4 Å². The van der Waals surface area contributed by atoms with Crippen LogP contribution in [0.2, 0.25) is 0 Å². The van der Waals surface area contributed by atoms with Gasteiger partial charge in [-0.3, -0.25) is 4.79 Å². The minimum absolute atomic E-state index is 0.0463. The standard InChI is InChI=1S/C23H24F2N2O5/c1-3-29-21-12-18(9-10-20(21)32-23(24)25)27(14-19-13-26-15-31-19)17-7-5-16(6-8-17)11-22(28)30-4-2/h5-10,12-13,15,23H,3-4,11,14H2,1-2H3. The van der Waals surface area contributed by atoms with Crippen LogP contribution in [0.25, 0.3) is 0 Å². The molecule has 170 valence electrons. The van der Waals surface area contributed by atoms with E-state index < -0.39 is 6.61 Å². The Morgan fingerprint density at radius 3 is 2.44 bits per heavy atom. The van der Waals surface area contributed by atoms with Gasteiger partial charge in [-0.25, -0.2) is 4.98 Å². The van der Waals surface area contributed by atoms with Crippen molar-refractivity contribution in [2.24, 2.45) is 0 Å². The average molecular weight is 446 g/mol. The second-order valence-corrected chi connectivity index (χ2v) is 6.64. The number of hydrogen-bond acceptors (Lipinski definition) is 7. The van der Waals surface area contributed by atoms with Crippen molar-refractivity contribution in [1.29, 1.82) is 0 Å². The van der Waals surface area contributed by atoms with E-state index in [1.165, 1.54) is 12.5 Å². The molecule has 0 aliphatic carbocycles. The molecule has 32 heavy (non-hydrogen) atoms. The van der Waals surface area contributed by atoms with E-state index in [1.807, 2.05) is 29.2 Å². The van der Waals surface area contributed by atoms with Gasteiger partial charge in [0.05, 0.1) is 32.4 Å². The zero-order valence-electron chi connectivity index (χ0n) is 17.8. The predicted octanol–water partition coefficient (Wildman–Crippen LogP) is 5.12. The summed E-state index contributed by atoms with van der Waals surface area (Å²) >= 11 is 0. The SMILES string of the molecule is CCOC(=O)Cc1ccc(N(Cc2cnco2)c2ccc(OC(F)F)c(OCC)c2)cc1. The van der Waals surface area contributed by atoms with E-state index in [0.717, 1.165) is 11.3 Å². The van der Waals surface area contributed by atoms with Gasteiger partial charge in [-0.1, -0.05) is 12.1 Å². The van der Waals surface area contributed by atoms with Crippen molar-refractivity contribution in [3.63, 3.8) is 0 Å². The number of anilines is 2. The van der Waals surface area contributed by atoms with Crippen LogP contribution in [-0.2, 0) is 22.5 Å². The number of carbonyl (C=O) groups excluding carboxylic acids is 1. The summed E-state index contributed by atoms with van der Waals surface area (Å²) in [5.74, 6) is 0.461. The molecule has 3 rings (SSSR count). The largest absolute Gasteiger partial charge is 0.490 e. The first kappa shape index (κ1) is 23.1. The monoisotopic (exact) mass is 446 g/mol. The van der Waals surface area contributed by atoms with Crippen LogP contribution in [0.5, 0.6) is 11.5 Å². The van der Waals surface area contributed by atoms with Gasteiger partial charge in [0.1, 0.15) is 5.76 Å². The van der Waals surface area contributed by atoms with Crippen molar-refractivity contribution in [3.8, 4) is 11.5 Å². The highest BCUT2D eigenvalue weighted by Crippen LogP contribution is 2.36. The quantitative estimate of drug-likeness (QED) is 0.379. The van der Waals surface area contributed by atoms with E-state index in [9.17, 15) is 13.6 Å². The van der Waals surface area contributed by atoms with Crippen LogP contribution in [0.15, 0.2) is 59.5 Å². The fraction of sp³-hybridized carbons (Fsp3) is 0.304. The fourth-order valence-electron chi connectivity index (χ4n) is 3.11. The molecule has 7 nitrogen and oxygen atoms in total. The normalized spacial score (nSPS) is 10.8. The number of benzene rings is 2. The molecule has 0 spiro atoms. The Morgan fingerprint density at radius 2 is 1.81 bits per heavy atom. The number of nitrogens with zero attached hydrogens (tertiary/aromatic N) is 2. The number of rotatable bonds is 11. The van der Waals surface area contributed by atoms with Crippen LogP contribution in [0.4, 0.5) is 20.2 Å². The van der Waals surface area contributed by atoms with Gasteiger partial charge in [0, 0.05) is 17.4 Å². The highest BCUT2D eigenvalue weighted by molar-refractivity contribution is 5.73. The summed E-state index contributed by atoms with van der Waals surface area (Å²) in [5.41, 5.74) is 2.27. The van der Waals surface area contributed by atoms with Gasteiger partial charge < -0.3 is 23.5 Å². The number of esters is 1. The third-order valence-electron chi connectivity index (χ3n) is 4.45. The van der Waals surface area contributed by atoms with Gasteiger partial charge in [-0.15, -0.1) is 0 Å². The summed E-state index contributed by atoms with van der Waals surface area (Å²) in [6, 6.07) is 12.1. The Morgan fingerprint density at radius 1 is 1.06 bits per heavy atom. The molecule has 1 heterocycles. The molecular formula is C23H24F2N2O5. The topological polar surface area (TPSA) is 74.0 Å². The number of halogens is 2. The molecule has 9 heteroatoms. The molecule has 2 aromatic carbocycles. The molecule has 0 aliphatic heterocycles. The molecule has 0 atom stereocenters. The Kier molecular flexibility index (Phi) is 8.02. The highest BCUT2D eigenvalue weighted by atomic mass is 19.3. The lowest BCUT2D eigenvalue weighted by atomic mass is 10.1. The summed E-state index contributed by atoms with van der Waals surface area (Å²) in [7, 11) is 0. The molecule has 0 saturated carbocycles. The predicted molar refractivity (Wildman–Crippen MR) is 113 cm³/mol. The first-order chi connectivity index (χ1) is 15.5. The maximum atomic E-state index is 12.8. The molecule has 1 aromatic heterocycles. The van der Waals surface area contributed by atoms with Gasteiger partial charge in [0.2, 0.25) is 0 Å². The van der Waals surface area contributed by atoms with E-state index in [1.54, 1.807) is 32.2 Å². The number of ether oxygens (including phenoxy) is 3. The zero-order chi connectivity index (χ0) is 22.9. The third kappa shape index (κ3) is 6.19. The summed E-state index contributed by atoms with van der Waals surface area (Å²) < 4.78 is 46.0. The minimum atomic E-state index is -2.96. The maximum Gasteiger partial charge on any atom is 0.387 e. The van der Waals surface area contributed by atoms with Crippen molar-refractivity contribution < 1.29 is 32.2 Å². The fourth-order valence-corrected chi connectivity index (χ4v) is 3.11. The summed E-state index contributed by atoms with van der Waals surface area (Å²) in [6.45, 7) is 1.50. The minimum Gasteiger partial charge on any atom is -0.490 e. The van der Waals surface area contributed by atoms with E-state index in [0.29, 0.717) is 24.6 Å². The zero-order valence-corrected chi connectivity index (χ0v) is 17.8. The molecule has 0 saturated heterocycles. The van der Waals surface area contributed by atoms with Gasteiger partial charge in [-0.2, -0.15) is 8.78 Å². The summed E-state index contributed by atoms with van der Waals surface area (Å²) in [4.78, 5) is 17.6. The van der Waals surface area contributed by atoms with Gasteiger partial charge >= 0.3 is 12.6 Å². The van der Waals surface area contributed by atoms with E-state index in [2.05, 4.69) is 9.72 Å². The molecule has 0 unspecified atom stereocenters. The molecule has 3 aromatic rings. The lowest BCUT2D eigenvalue weighted by Crippen LogP contribution is -2.17. The number of alkyl halides is 2. The molecule has 0 bridgehead atoms. The van der Waals surface area contributed by atoms with Crippen LogP contribution < -0.4 is 14.4 Å². The second-order valence-electron chi connectivity index (χ2n) is 6.64. The first-order valence-corrected chi connectivity index (χ1v) is 10.1. The smallest absolute Gasteiger partial charge is 0.387 e. The van der Waals surface area contributed by atoms with Crippen LogP contribution in [0.3, 0.4) is 0 Å². The van der Waals surface area contributed by atoms with E-state index >= 15 is 0 Å². The number of aromatic nitrogens is 1. The van der Waals surface area contributed by atoms with Crippen LogP contribution in [-0.4, -0.2) is 30.8 Å². The third-order valence-corrected chi connectivity index (χ3v) is 4.45. The maximum absolute atomic E-state index is 12.8. The average Bonchev–Trinajstić information content (AvgIpc) is 3.27. The molecule has 0 N–H and O–H groups in total. The highest BCUT2D eigenvalue weighted by Gasteiger charge is 2.17. The second kappa shape index (κ2) is 11.1. The Balaban J connectivity index is 1.92. The lowest BCUT2D eigenvalue weighted by molar-refractivity contribution is -0.142. The van der Waals surface area contributed by atoms with Gasteiger partial charge in [-0.05, 0) is 43.7 Å².